The highest BCUT2D eigenvalue weighted by atomic mass is 79.9. The molecule has 0 amide bonds. The molecule has 2 heteroatoms. The van der Waals surface area contributed by atoms with Gasteiger partial charge >= 0.3 is 0 Å². The SMILES string of the molecule is BrC1CCCCCC1c1cccnc1. The predicted molar refractivity (Wildman–Crippen MR) is 62.8 cm³/mol. The molecule has 1 fully saturated rings. The van der Waals surface area contributed by atoms with Gasteiger partial charge in [-0.3, -0.25) is 4.98 Å². The van der Waals surface area contributed by atoms with Crippen molar-refractivity contribution in [3.63, 3.8) is 0 Å². The van der Waals surface area contributed by atoms with Crippen molar-refractivity contribution in [2.24, 2.45) is 0 Å². The summed E-state index contributed by atoms with van der Waals surface area (Å²) in [5.74, 6) is 0.672. The van der Waals surface area contributed by atoms with Crippen LogP contribution in [0.15, 0.2) is 24.5 Å². The highest BCUT2D eigenvalue weighted by molar-refractivity contribution is 9.09. The van der Waals surface area contributed by atoms with Crippen LogP contribution in [0.1, 0.15) is 43.6 Å². The molecule has 0 bridgehead atoms. The minimum absolute atomic E-state index is 0.647. The van der Waals surface area contributed by atoms with E-state index in [-0.39, 0.29) is 0 Å². The first kappa shape index (κ1) is 10.2. The summed E-state index contributed by atoms with van der Waals surface area (Å²) in [4.78, 5) is 4.85. The first-order chi connectivity index (χ1) is 6.88. The van der Waals surface area contributed by atoms with Crippen molar-refractivity contribution in [3.05, 3.63) is 30.1 Å². The summed E-state index contributed by atoms with van der Waals surface area (Å²) in [5.41, 5.74) is 1.40. The molecule has 1 nitrogen and oxygen atoms in total. The fraction of sp³-hybridized carbons (Fsp3) is 0.583. The van der Waals surface area contributed by atoms with Crippen LogP contribution in [0, 0.1) is 0 Å². The number of rotatable bonds is 1. The second-order valence-electron chi connectivity index (χ2n) is 4.05. The van der Waals surface area contributed by atoms with Crippen molar-refractivity contribution in [2.75, 3.05) is 0 Å². The topological polar surface area (TPSA) is 12.9 Å². The van der Waals surface area contributed by atoms with Crippen LogP contribution < -0.4 is 0 Å². The normalized spacial score (nSPS) is 28.4. The van der Waals surface area contributed by atoms with Crippen LogP contribution in [0.5, 0.6) is 0 Å². The third kappa shape index (κ3) is 2.35. The zero-order valence-electron chi connectivity index (χ0n) is 8.32. The van der Waals surface area contributed by atoms with Gasteiger partial charge in [0.1, 0.15) is 0 Å². The maximum absolute atomic E-state index is 4.20. The molecule has 14 heavy (non-hydrogen) atoms. The Morgan fingerprint density at radius 1 is 1.21 bits per heavy atom. The number of aromatic nitrogens is 1. The third-order valence-corrected chi connectivity index (χ3v) is 4.14. The molecule has 0 spiro atoms. The summed E-state index contributed by atoms with van der Waals surface area (Å²) in [5, 5.41) is 0. The Bertz CT molecular complexity index is 273. The average Bonchev–Trinajstić information content (AvgIpc) is 2.44. The molecule has 1 aliphatic rings. The van der Waals surface area contributed by atoms with Crippen LogP contribution in [-0.2, 0) is 0 Å². The summed E-state index contributed by atoms with van der Waals surface area (Å²) >= 11 is 3.81. The van der Waals surface area contributed by atoms with Crippen molar-refractivity contribution >= 4 is 15.9 Å². The van der Waals surface area contributed by atoms with Crippen LogP contribution in [0.3, 0.4) is 0 Å². The Balaban J connectivity index is 2.15. The average molecular weight is 254 g/mol. The van der Waals surface area contributed by atoms with Crippen molar-refractivity contribution in [1.82, 2.24) is 4.98 Å². The van der Waals surface area contributed by atoms with Crippen molar-refractivity contribution in [3.8, 4) is 0 Å². The first-order valence-electron chi connectivity index (χ1n) is 5.42. The number of pyridine rings is 1. The summed E-state index contributed by atoms with van der Waals surface area (Å²) in [6, 6.07) is 4.25. The van der Waals surface area contributed by atoms with E-state index in [4.69, 9.17) is 0 Å². The van der Waals surface area contributed by atoms with Crippen molar-refractivity contribution < 1.29 is 0 Å². The maximum atomic E-state index is 4.20. The van der Waals surface area contributed by atoms with E-state index in [0.29, 0.717) is 10.7 Å². The molecule has 1 aromatic heterocycles. The number of hydrogen-bond donors (Lipinski definition) is 0. The van der Waals surface area contributed by atoms with Crippen LogP contribution >= 0.6 is 15.9 Å². The van der Waals surface area contributed by atoms with Gasteiger partial charge < -0.3 is 0 Å². The standard InChI is InChI=1S/C12H16BrN/c13-12-7-3-1-2-6-11(12)10-5-4-8-14-9-10/h4-5,8-9,11-12H,1-3,6-7H2. The van der Waals surface area contributed by atoms with Gasteiger partial charge in [-0.1, -0.05) is 41.3 Å². The Kier molecular flexibility index (Phi) is 3.57. The maximum Gasteiger partial charge on any atom is 0.0303 e. The molecule has 2 atom stereocenters. The molecule has 1 saturated carbocycles. The van der Waals surface area contributed by atoms with E-state index < -0.39 is 0 Å². The summed E-state index contributed by atoms with van der Waals surface area (Å²) in [7, 11) is 0. The van der Waals surface area contributed by atoms with Gasteiger partial charge in [0.05, 0.1) is 0 Å². The van der Waals surface area contributed by atoms with E-state index in [9.17, 15) is 0 Å². The number of halogens is 1. The Hall–Kier alpha value is -0.370. The van der Waals surface area contributed by atoms with Crippen LogP contribution in [-0.4, -0.2) is 9.81 Å². The van der Waals surface area contributed by atoms with E-state index in [2.05, 4.69) is 27.0 Å². The molecule has 1 aromatic rings. The van der Waals surface area contributed by atoms with Gasteiger partial charge in [0.25, 0.3) is 0 Å². The zero-order valence-corrected chi connectivity index (χ0v) is 9.91. The van der Waals surface area contributed by atoms with Gasteiger partial charge in [-0.15, -0.1) is 0 Å². The molecule has 1 aliphatic carbocycles. The quantitative estimate of drug-likeness (QED) is 0.547. The molecule has 0 aromatic carbocycles. The van der Waals surface area contributed by atoms with E-state index in [1.54, 1.807) is 0 Å². The van der Waals surface area contributed by atoms with Gasteiger partial charge in [-0.05, 0) is 30.4 Å². The van der Waals surface area contributed by atoms with Gasteiger partial charge in [0.15, 0.2) is 0 Å². The van der Waals surface area contributed by atoms with Crippen LogP contribution in [0.25, 0.3) is 0 Å². The second kappa shape index (κ2) is 4.92. The van der Waals surface area contributed by atoms with Crippen LogP contribution in [0.2, 0.25) is 0 Å². The van der Waals surface area contributed by atoms with E-state index in [1.807, 2.05) is 18.5 Å². The number of nitrogens with zero attached hydrogens (tertiary/aromatic N) is 1. The summed E-state index contributed by atoms with van der Waals surface area (Å²) < 4.78 is 0. The summed E-state index contributed by atoms with van der Waals surface area (Å²) in [6.45, 7) is 0. The molecular weight excluding hydrogens is 238 g/mol. The lowest BCUT2D eigenvalue weighted by molar-refractivity contribution is 0.610. The Morgan fingerprint density at radius 2 is 2.07 bits per heavy atom. The predicted octanol–water partition coefficient (Wildman–Crippen LogP) is 3.89. The monoisotopic (exact) mass is 253 g/mol. The molecule has 1 heterocycles. The molecular formula is C12H16BrN. The van der Waals surface area contributed by atoms with Crippen molar-refractivity contribution in [2.45, 2.75) is 42.8 Å². The van der Waals surface area contributed by atoms with E-state index in [0.717, 1.165) is 0 Å². The lowest BCUT2D eigenvalue weighted by Crippen LogP contribution is -2.10. The van der Waals surface area contributed by atoms with E-state index >= 15 is 0 Å². The number of hydrogen-bond acceptors (Lipinski definition) is 1. The van der Waals surface area contributed by atoms with E-state index in [1.165, 1.54) is 37.7 Å². The Morgan fingerprint density at radius 3 is 2.86 bits per heavy atom. The smallest absolute Gasteiger partial charge is 0.0303 e. The van der Waals surface area contributed by atoms with Gasteiger partial charge in [0, 0.05) is 17.2 Å². The lowest BCUT2D eigenvalue weighted by Gasteiger charge is -2.19. The minimum Gasteiger partial charge on any atom is -0.264 e. The third-order valence-electron chi connectivity index (χ3n) is 3.04. The van der Waals surface area contributed by atoms with Gasteiger partial charge in [-0.2, -0.15) is 0 Å². The Labute approximate surface area is 94.1 Å². The fourth-order valence-corrected chi connectivity index (χ4v) is 3.13. The van der Waals surface area contributed by atoms with Gasteiger partial charge in [-0.25, -0.2) is 0 Å². The summed E-state index contributed by atoms with van der Waals surface area (Å²) in [6.07, 6.45) is 10.6. The van der Waals surface area contributed by atoms with Crippen molar-refractivity contribution in [1.29, 1.82) is 0 Å². The zero-order chi connectivity index (χ0) is 9.80. The molecule has 0 aliphatic heterocycles. The second-order valence-corrected chi connectivity index (χ2v) is 5.22. The fourth-order valence-electron chi connectivity index (χ4n) is 2.23. The first-order valence-corrected chi connectivity index (χ1v) is 6.33. The molecule has 0 radical (unpaired) electrons. The largest absolute Gasteiger partial charge is 0.264 e. The molecule has 2 rings (SSSR count). The highest BCUT2D eigenvalue weighted by Gasteiger charge is 2.22. The lowest BCUT2D eigenvalue weighted by atomic mass is 9.93. The number of alkyl halides is 1. The molecule has 76 valence electrons. The highest BCUT2D eigenvalue weighted by Crippen LogP contribution is 2.35. The minimum atomic E-state index is 0.647. The molecule has 2 unspecified atom stereocenters. The van der Waals surface area contributed by atoms with Crippen LogP contribution in [0.4, 0.5) is 0 Å². The van der Waals surface area contributed by atoms with Gasteiger partial charge in [0.2, 0.25) is 0 Å². The molecule has 0 N–H and O–H groups in total. The molecule has 0 saturated heterocycles.